The molecular formula is C20H22N2O2. The summed E-state index contributed by atoms with van der Waals surface area (Å²) >= 11 is 0. The Morgan fingerprint density at radius 2 is 1.96 bits per heavy atom. The van der Waals surface area contributed by atoms with Gasteiger partial charge in [-0.25, -0.2) is 4.98 Å². The number of benzene rings is 2. The van der Waals surface area contributed by atoms with E-state index in [9.17, 15) is 4.79 Å². The van der Waals surface area contributed by atoms with Crippen LogP contribution in [0, 0.1) is 19.8 Å². The number of aromatic nitrogens is 1. The molecule has 3 aromatic rings. The number of aryl methyl sites for hydroxylation is 2. The van der Waals surface area contributed by atoms with Crippen LogP contribution in [0.2, 0.25) is 0 Å². The molecule has 0 fully saturated rings. The van der Waals surface area contributed by atoms with E-state index in [1.807, 2.05) is 64.1 Å². The van der Waals surface area contributed by atoms with Crippen LogP contribution in [0.3, 0.4) is 0 Å². The Morgan fingerprint density at radius 3 is 2.71 bits per heavy atom. The summed E-state index contributed by atoms with van der Waals surface area (Å²) in [4.78, 5) is 16.6. The van der Waals surface area contributed by atoms with Crippen LogP contribution in [0.4, 0.5) is 5.69 Å². The van der Waals surface area contributed by atoms with E-state index in [-0.39, 0.29) is 5.91 Å². The number of nitrogens with one attached hydrogen (secondary N) is 1. The average molecular weight is 322 g/mol. The molecule has 1 heterocycles. The average Bonchev–Trinajstić information content (AvgIpc) is 2.91. The maximum Gasteiger partial charge on any atom is 0.227 e. The van der Waals surface area contributed by atoms with Gasteiger partial charge in [-0.05, 0) is 55.2 Å². The highest BCUT2D eigenvalue weighted by atomic mass is 16.3. The highest BCUT2D eigenvalue weighted by molar-refractivity contribution is 5.92. The van der Waals surface area contributed by atoms with Gasteiger partial charge in [0.1, 0.15) is 5.52 Å². The smallest absolute Gasteiger partial charge is 0.227 e. The van der Waals surface area contributed by atoms with E-state index in [2.05, 4.69) is 10.3 Å². The van der Waals surface area contributed by atoms with E-state index in [1.54, 1.807) is 0 Å². The fourth-order valence-corrected chi connectivity index (χ4v) is 2.62. The fourth-order valence-electron chi connectivity index (χ4n) is 2.62. The van der Waals surface area contributed by atoms with Gasteiger partial charge in [0.2, 0.25) is 11.8 Å². The molecule has 24 heavy (non-hydrogen) atoms. The molecule has 0 saturated carbocycles. The molecule has 0 bridgehead atoms. The second kappa shape index (κ2) is 6.48. The van der Waals surface area contributed by atoms with Crippen molar-refractivity contribution in [1.29, 1.82) is 0 Å². The topological polar surface area (TPSA) is 55.1 Å². The van der Waals surface area contributed by atoms with E-state index < -0.39 is 0 Å². The lowest BCUT2D eigenvalue weighted by molar-refractivity contribution is -0.116. The van der Waals surface area contributed by atoms with Crippen molar-refractivity contribution in [3.63, 3.8) is 0 Å². The summed E-state index contributed by atoms with van der Waals surface area (Å²) in [5.74, 6) is 0.919. The molecule has 124 valence electrons. The molecule has 3 rings (SSSR count). The molecule has 0 spiro atoms. The SMILES string of the molecule is Cc1ccc2oc(-c3ccc(C)c(NC(=O)CC(C)C)c3)nc2c1. The molecule has 1 amide bonds. The van der Waals surface area contributed by atoms with Gasteiger partial charge in [0, 0.05) is 17.7 Å². The molecule has 4 nitrogen and oxygen atoms in total. The molecular weight excluding hydrogens is 300 g/mol. The second-order valence-corrected chi connectivity index (χ2v) is 6.67. The first-order valence-electron chi connectivity index (χ1n) is 8.20. The molecule has 0 radical (unpaired) electrons. The number of amides is 1. The zero-order valence-corrected chi connectivity index (χ0v) is 14.5. The molecule has 4 heteroatoms. The molecule has 0 atom stereocenters. The Labute approximate surface area is 141 Å². The van der Waals surface area contributed by atoms with Crippen LogP contribution in [0.15, 0.2) is 40.8 Å². The lowest BCUT2D eigenvalue weighted by atomic mass is 10.1. The van der Waals surface area contributed by atoms with Gasteiger partial charge in [-0.1, -0.05) is 26.0 Å². The van der Waals surface area contributed by atoms with Crippen molar-refractivity contribution in [1.82, 2.24) is 4.98 Å². The van der Waals surface area contributed by atoms with Crippen molar-refractivity contribution < 1.29 is 9.21 Å². The summed E-state index contributed by atoms with van der Waals surface area (Å²) in [6.45, 7) is 8.07. The van der Waals surface area contributed by atoms with Crippen molar-refractivity contribution in [2.24, 2.45) is 5.92 Å². The number of carbonyl (C=O) groups is 1. The Morgan fingerprint density at radius 1 is 1.17 bits per heavy atom. The molecule has 0 aliphatic heterocycles. The number of fused-ring (bicyclic) bond motifs is 1. The minimum atomic E-state index is 0.0263. The quantitative estimate of drug-likeness (QED) is 0.727. The zero-order chi connectivity index (χ0) is 17.3. The summed E-state index contributed by atoms with van der Waals surface area (Å²) < 4.78 is 5.85. The molecule has 0 aliphatic rings. The predicted octanol–water partition coefficient (Wildman–Crippen LogP) is 5.10. The lowest BCUT2D eigenvalue weighted by Crippen LogP contribution is -2.14. The Hall–Kier alpha value is -2.62. The van der Waals surface area contributed by atoms with E-state index in [4.69, 9.17) is 4.42 Å². The molecule has 1 N–H and O–H groups in total. The van der Waals surface area contributed by atoms with E-state index in [0.717, 1.165) is 33.5 Å². The third kappa shape index (κ3) is 3.48. The van der Waals surface area contributed by atoms with Crippen molar-refractivity contribution in [2.45, 2.75) is 34.1 Å². The third-order valence-corrected chi connectivity index (χ3v) is 3.90. The van der Waals surface area contributed by atoms with E-state index >= 15 is 0 Å². The van der Waals surface area contributed by atoms with Crippen molar-refractivity contribution in [3.05, 3.63) is 47.5 Å². The van der Waals surface area contributed by atoms with Crippen molar-refractivity contribution in [2.75, 3.05) is 5.32 Å². The van der Waals surface area contributed by atoms with Crippen molar-refractivity contribution >= 4 is 22.7 Å². The van der Waals surface area contributed by atoms with Crippen LogP contribution >= 0.6 is 0 Å². The van der Waals surface area contributed by atoms with Gasteiger partial charge in [-0.15, -0.1) is 0 Å². The number of rotatable bonds is 4. The first-order valence-corrected chi connectivity index (χ1v) is 8.20. The van der Waals surface area contributed by atoms with Gasteiger partial charge in [0.05, 0.1) is 0 Å². The van der Waals surface area contributed by atoms with Crippen LogP contribution < -0.4 is 5.32 Å². The summed E-state index contributed by atoms with van der Waals surface area (Å²) in [5.41, 5.74) is 5.43. The van der Waals surface area contributed by atoms with Crippen LogP contribution in [-0.4, -0.2) is 10.9 Å². The van der Waals surface area contributed by atoms with Crippen LogP contribution in [-0.2, 0) is 4.79 Å². The zero-order valence-electron chi connectivity index (χ0n) is 14.5. The molecule has 1 aromatic heterocycles. The first kappa shape index (κ1) is 16.2. The van der Waals surface area contributed by atoms with Gasteiger partial charge >= 0.3 is 0 Å². The van der Waals surface area contributed by atoms with E-state index in [1.165, 1.54) is 0 Å². The highest BCUT2D eigenvalue weighted by Crippen LogP contribution is 2.28. The van der Waals surface area contributed by atoms with Crippen LogP contribution in [0.1, 0.15) is 31.4 Å². The minimum absolute atomic E-state index is 0.0263. The Balaban J connectivity index is 1.93. The number of carbonyl (C=O) groups excluding carboxylic acids is 1. The summed E-state index contributed by atoms with van der Waals surface area (Å²) in [6, 6.07) is 11.8. The van der Waals surface area contributed by atoms with Gasteiger partial charge in [0.15, 0.2) is 5.58 Å². The van der Waals surface area contributed by atoms with Crippen molar-refractivity contribution in [3.8, 4) is 11.5 Å². The van der Waals surface area contributed by atoms with Crippen LogP contribution in [0.5, 0.6) is 0 Å². The number of nitrogens with zero attached hydrogens (tertiary/aromatic N) is 1. The second-order valence-electron chi connectivity index (χ2n) is 6.67. The Bertz CT molecular complexity index is 894. The van der Waals surface area contributed by atoms with Gasteiger partial charge in [-0.3, -0.25) is 4.79 Å². The monoisotopic (exact) mass is 322 g/mol. The summed E-state index contributed by atoms with van der Waals surface area (Å²) in [6.07, 6.45) is 0.506. The predicted molar refractivity (Wildman–Crippen MR) is 97.0 cm³/mol. The van der Waals surface area contributed by atoms with Gasteiger partial charge in [0.25, 0.3) is 0 Å². The maximum atomic E-state index is 12.1. The maximum absolute atomic E-state index is 12.1. The molecule has 0 aliphatic carbocycles. The number of anilines is 1. The van der Waals surface area contributed by atoms with E-state index in [0.29, 0.717) is 18.2 Å². The molecule has 0 unspecified atom stereocenters. The van der Waals surface area contributed by atoms with Gasteiger partial charge < -0.3 is 9.73 Å². The van der Waals surface area contributed by atoms with Crippen LogP contribution in [0.25, 0.3) is 22.6 Å². The largest absolute Gasteiger partial charge is 0.436 e. The summed E-state index contributed by atoms with van der Waals surface area (Å²) in [5, 5.41) is 2.99. The third-order valence-electron chi connectivity index (χ3n) is 3.90. The fraction of sp³-hybridized carbons (Fsp3) is 0.300. The first-order chi connectivity index (χ1) is 11.4. The number of oxazole rings is 1. The number of hydrogen-bond donors (Lipinski definition) is 1. The molecule has 2 aromatic carbocycles. The standard InChI is InChI=1S/C20H22N2O2/c1-12(2)9-19(23)21-16-11-15(7-6-14(16)4)20-22-17-10-13(3)5-8-18(17)24-20/h5-8,10-12H,9H2,1-4H3,(H,21,23). The molecule has 0 saturated heterocycles. The lowest BCUT2D eigenvalue weighted by Gasteiger charge is -2.10. The highest BCUT2D eigenvalue weighted by Gasteiger charge is 2.12. The minimum Gasteiger partial charge on any atom is -0.436 e. The Kier molecular flexibility index (Phi) is 4.38. The number of hydrogen-bond acceptors (Lipinski definition) is 3. The van der Waals surface area contributed by atoms with Gasteiger partial charge in [-0.2, -0.15) is 0 Å². The summed E-state index contributed by atoms with van der Waals surface area (Å²) in [7, 11) is 0. The normalized spacial score (nSPS) is 11.2.